The fourth-order valence-electron chi connectivity index (χ4n) is 2.75. The van der Waals surface area contributed by atoms with E-state index in [4.69, 9.17) is 4.52 Å². The average molecular weight is 346 g/mol. The third-order valence-corrected chi connectivity index (χ3v) is 5.10. The minimum Gasteiger partial charge on any atom is -0.361 e. The van der Waals surface area contributed by atoms with E-state index in [1.807, 2.05) is 0 Å². The Hall–Kier alpha value is -2.48. The molecule has 0 bridgehead atoms. The summed E-state index contributed by atoms with van der Waals surface area (Å²) >= 11 is 1.47. The Balaban J connectivity index is 1.46. The number of nitrogens with zero attached hydrogens (tertiary/aromatic N) is 4. The molecular formula is C16H15FN4O2S. The van der Waals surface area contributed by atoms with Crippen molar-refractivity contribution in [3.63, 3.8) is 0 Å². The monoisotopic (exact) mass is 346 g/mol. The number of carbonyl (C=O) groups is 1. The Morgan fingerprint density at radius 1 is 1.25 bits per heavy atom. The van der Waals surface area contributed by atoms with Crippen molar-refractivity contribution in [3.05, 3.63) is 41.5 Å². The molecule has 0 unspecified atom stereocenters. The van der Waals surface area contributed by atoms with E-state index < -0.39 is 0 Å². The van der Waals surface area contributed by atoms with Gasteiger partial charge in [0.05, 0.1) is 10.2 Å². The van der Waals surface area contributed by atoms with E-state index in [1.54, 1.807) is 24.0 Å². The van der Waals surface area contributed by atoms with Crippen LogP contribution in [0.5, 0.6) is 0 Å². The molecule has 1 aliphatic rings. The molecule has 4 rings (SSSR count). The molecule has 1 aliphatic heterocycles. The minimum absolute atomic E-state index is 0.113. The second-order valence-electron chi connectivity index (χ2n) is 5.71. The van der Waals surface area contributed by atoms with E-state index in [-0.39, 0.29) is 11.7 Å². The predicted molar refractivity (Wildman–Crippen MR) is 88.9 cm³/mol. The van der Waals surface area contributed by atoms with Gasteiger partial charge in [0.15, 0.2) is 10.8 Å². The molecule has 3 heterocycles. The van der Waals surface area contributed by atoms with Crippen LogP contribution in [0, 0.1) is 12.7 Å². The van der Waals surface area contributed by atoms with Crippen molar-refractivity contribution >= 4 is 32.6 Å². The number of aromatic nitrogens is 2. The molecule has 0 atom stereocenters. The predicted octanol–water partition coefficient (Wildman–Crippen LogP) is 2.69. The maximum absolute atomic E-state index is 13.3. The summed E-state index contributed by atoms with van der Waals surface area (Å²) in [6, 6.07) is 6.26. The zero-order chi connectivity index (χ0) is 16.7. The number of hydrogen-bond acceptors (Lipinski definition) is 6. The van der Waals surface area contributed by atoms with Crippen molar-refractivity contribution in [1.29, 1.82) is 0 Å². The topological polar surface area (TPSA) is 62.5 Å². The van der Waals surface area contributed by atoms with Crippen molar-refractivity contribution in [3.8, 4) is 0 Å². The molecule has 6 nitrogen and oxygen atoms in total. The van der Waals surface area contributed by atoms with Crippen LogP contribution in [0.1, 0.15) is 16.2 Å². The largest absolute Gasteiger partial charge is 0.361 e. The van der Waals surface area contributed by atoms with Gasteiger partial charge in [0, 0.05) is 32.2 Å². The lowest BCUT2D eigenvalue weighted by Crippen LogP contribution is -2.48. The van der Waals surface area contributed by atoms with Crippen LogP contribution >= 0.6 is 11.3 Å². The van der Waals surface area contributed by atoms with Crippen molar-refractivity contribution in [1.82, 2.24) is 15.0 Å². The summed E-state index contributed by atoms with van der Waals surface area (Å²) < 4.78 is 19.1. The summed E-state index contributed by atoms with van der Waals surface area (Å²) in [6.45, 7) is 4.32. The van der Waals surface area contributed by atoms with Gasteiger partial charge in [-0.2, -0.15) is 0 Å². The molecule has 0 saturated carbocycles. The van der Waals surface area contributed by atoms with E-state index in [1.165, 1.54) is 23.5 Å². The number of carbonyl (C=O) groups excluding carboxylic acids is 1. The van der Waals surface area contributed by atoms with Gasteiger partial charge in [0.1, 0.15) is 11.6 Å². The number of piperazine rings is 1. The smallest absolute Gasteiger partial charge is 0.276 e. The first-order valence-electron chi connectivity index (χ1n) is 7.64. The van der Waals surface area contributed by atoms with Crippen molar-refractivity contribution in [2.24, 2.45) is 0 Å². The number of rotatable bonds is 2. The number of amides is 1. The molecule has 0 aliphatic carbocycles. The first-order valence-corrected chi connectivity index (χ1v) is 8.45. The molecule has 8 heteroatoms. The molecule has 1 aromatic carbocycles. The van der Waals surface area contributed by atoms with Crippen molar-refractivity contribution in [2.45, 2.75) is 6.92 Å². The number of aryl methyl sites for hydroxylation is 1. The molecule has 1 fully saturated rings. The lowest BCUT2D eigenvalue weighted by atomic mass is 10.3. The van der Waals surface area contributed by atoms with E-state index in [0.717, 1.165) is 15.3 Å². The molecule has 24 heavy (non-hydrogen) atoms. The number of thiazole rings is 1. The standard InChI is InChI=1S/C16H15FN4O2S/c1-10-8-13(19-23-10)15(22)20-4-6-21(7-5-20)16-18-12-3-2-11(17)9-14(12)24-16/h2-3,8-9H,4-7H2,1H3. The number of benzene rings is 1. The van der Waals surface area contributed by atoms with Gasteiger partial charge in [0.2, 0.25) is 0 Å². The van der Waals surface area contributed by atoms with Gasteiger partial charge in [-0.1, -0.05) is 16.5 Å². The molecular weight excluding hydrogens is 331 g/mol. The number of halogens is 1. The Kier molecular flexibility index (Phi) is 3.68. The van der Waals surface area contributed by atoms with Gasteiger partial charge >= 0.3 is 0 Å². The highest BCUT2D eigenvalue weighted by Gasteiger charge is 2.25. The second kappa shape index (κ2) is 5.86. The van der Waals surface area contributed by atoms with Crippen molar-refractivity contribution in [2.75, 3.05) is 31.1 Å². The zero-order valence-corrected chi connectivity index (χ0v) is 13.8. The van der Waals surface area contributed by atoms with Gasteiger partial charge in [-0.05, 0) is 25.1 Å². The number of fused-ring (bicyclic) bond motifs is 1. The maximum Gasteiger partial charge on any atom is 0.276 e. The van der Waals surface area contributed by atoms with E-state index >= 15 is 0 Å². The van der Waals surface area contributed by atoms with Gasteiger partial charge in [-0.15, -0.1) is 0 Å². The van der Waals surface area contributed by atoms with E-state index in [9.17, 15) is 9.18 Å². The second-order valence-corrected chi connectivity index (χ2v) is 6.72. The number of anilines is 1. The highest BCUT2D eigenvalue weighted by Crippen LogP contribution is 2.30. The van der Waals surface area contributed by atoms with Gasteiger partial charge in [0.25, 0.3) is 5.91 Å². The Labute approximate surface area is 141 Å². The lowest BCUT2D eigenvalue weighted by Gasteiger charge is -2.34. The first kappa shape index (κ1) is 15.1. The quantitative estimate of drug-likeness (QED) is 0.714. The van der Waals surface area contributed by atoms with Crippen LogP contribution in [0.3, 0.4) is 0 Å². The van der Waals surface area contributed by atoms with Gasteiger partial charge in [-0.3, -0.25) is 4.79 Å². The summed E-state index contributed by atoms with van der Waals surface area (Å²) in [4.78, 5) is 20.8. The molecule has 0 spiro atoms. The maximum atomic E-state index is 13.3. The van der Waals surface area contributed by atoms with Crippen LogP contribution in [0.4, 0.5) is 9.52 Å². The van der Waals surface area contributed by atoms with Crippen LogP contribution in [0.15, 0.2) is 28.8 Å². The van der Waals surface area contributed by atoms with Gasteiger partial charge in [-0.25, -0.2) is 9.37 Å². The summed E-state index contributed by atoms with van der Waals surface area (Å²) in [5.41, 5.74) is 1.14. The minimum atomic E-state index is -0.254. The molecule has 1 saturated heterocycles. The molecule has 0 N–H and O–H groups in total. The third kappa shape index (κ3) is 2.73. The molecule has 2 aromatic heterocycles. The summed E-state index contributed by atoms with van der Waals surface area (Å²) in [5, 5.41) is 4.64. The molecule has 0 radical (unpaired) electrons. The SMILES string of the molecule is Cc1cc(C(=O)N2CCN(c3nc4ccc(F)cc4s3)CC2)no1. The fourth-order valence-corrected chi connectivity index (χ4v) is 3.79. The number of hydrogen-bond donors (Lipinski definition) is 0. The molecule has 124 valence electrons. The highest BCUT2D eigenvalue weighted by molar-refractivity contribution is 7.22. The first-order chi connectivity index (χ1) is 11.6. The summed E-state index contributed by atoms with van der Waals surface area (Å²) in [5.74, 6) is 0.257. The molecule has 1 amide bonds. The average Bonchev–Trinajstić information content (AvgIpc) is 3.20. The Morgan fingerprint density at radius 3 is 2.75 bits per heavy atom. The van der Waals surface area contributed by atoms with Crippen molar-refractivity contribution < 1.29 is 13.7 Å². The summed E-state index contributed by atoms with van der Waals surface area (Å²) in [7, 11) is 0. The zero-order valence-electron chi connectivity index (χ0n) is 13.0. The van der Waals surface area contributed by atoms with E-state index in [2.05, 4.69) is 15.0 Å². The molecule has 3 aromatic rings. The summed E-state index contributed by atoms with van der Waals surface area (Å²) in [6.07, 6.45) is 0. The normalized spacial score (nSPS) is 15.2. The Bertz CT molecular complexity index is 899. The fraction of sp³-hybridized carbons (Fsp3) is 0.312. The lowest BCUT2D eigenvalue weighted by molar-refractivity contribution is 0.0736. The third-order valence-electron chi connectivity index (χ3n) is 4.02. The van der Waals surface area contributed by atoms with Gasteiger partial charge < -0.3 is 14.3 Å². The van der Waals surface area contributed by atoms with Crippen LogP contribution in [0.2, 0.25) is 0 Å². The highest BCUT2D eigenvalue weighted by atomic mass is 32.1. The van der Waals surface area contributed by atoms with Crippen LogP contribution in [0.25, 0.3) is 10.2 Å². The van der Waals surface area contributed by atoms with E-state index in [0.29, 0.717) is 37.6 Å². The van der Waals surface area contributed by atoms with Crippen LogP contribution in [-0.4, -0.2) is 47.1 Å². The Morgan fingerprint density at radius 2 is 2.04 bits per heavy atom. The van der Waals surface area contributed by atoms with Crippen LogP contribution < -0.4 is 4.90 Å². The van der Waals surface area contributed by atoms with Crippen LogP contribution in [-0.2, 0) is 0 Å².